The van der Waals surface area contributed by atoms with Gasteiger partial charge in [0.25, 0.3) is 0 Å². The van der Waals surface area contributed by atoms with Crippen LogP contribution < -0.4 is 4.74 Å². The van der Waals surface area contributed by atoms with Crippen LogP contribution in [0.4, 0.5) is 0 Å². The van der Waals surface area contributed by atoms with Gasteiger partial charge in [0.2, 0.25) is 0 Å². The normalized spacial score (nSPS) is 17.1. The third-order valence-corrected chi connectivity index (χ3v) is 4.37. The highest BCUT2D eigenvalue weighted by atomic mass is 16.5. The van der Waals surface area contributed by atoms with E-state index in [4.69, 9.17) is 10.00 Å². The number of rotatable bonds is 4. The maximum atomic E-state index is 9.00. The van der Waals surface area contributed by atoms with Gasteiger partial charge in [-0.3, -0.25) is 4.90 Å². The van der Waals surface area contributed by atoms with E-state index in [0.29, 0.717) is 11.3 Å². The molecule has 20 heavy (non-hydrogen) atoms. The number of ether oxygens (including phenoxy) is 1. The van der Waals surface area contributed by atoms with Crippen LogP contribution in [0.2, 0.25) is 0 Å². The third kappa shape index (κ3) is 3.52. The summed E-state index contributed by atoms with van der Waals surface area (Å²) < 4.78 is 5.27. The number of hydrogen-bond donors (Lipinski definition) is 0. The van der Waals surface area contributed by atoms with Crippen LogP contribution in [0.25, 0.3) is 0 Å². The average Bonchev–Trinajstić information content (AvgIpc) is 2.47. The molecule has 2 rings (SSSR count). The van der Waals surface area contributed by atoms with Gasteiger partial charge in [-0.2, -0.15) is 5.26 Å². The van der Waals surface area contributed by atoms with Gasteiger partial charge in [-0.15, -0.1) is 0 Å². The Bertz CT molecular complexity index is 482. The first-order valence-corrected chi connectivity index (χ1v) is 7.43. The fraction of sp³-hybridized carbons (Fsp3) is 0.588. The molecule has 1 aromatic rings. The van der Waals surface area contributed by atoms with E-state index in [0.717, 1.165) is 18.4 Å². The lowest BCUT2D eigenvalue weighted by Crippen LogP contribution is -2.34. The van der Waals surface area contributed by atoms with Crippen LogP contribution >= 0.6 is 0 Å². The number of benzene rings is 1. The largest absolute Gasteiger partial charge is 0.495 e. The zero-order valence-corrected chi connectivity index (χ0v) is 12.7. The Labute approximate surface area is 122 Å². The minimum Gasteiger partial charge on any atom is -0.495 e. The van der Waals surface area contributed by atoms with E-state index in [1.54, 1.807) is 7.11 Å². The van der Waals surface area contributed by atoms with Crippen molar-refractivity contribution in [1.82, 2.24) is 4.90 Å². The van der Waals surface area contributed by atoms with Crippen molar-refractivity contribution in [3.05, 3.63) is 29.3 Å². The monoisotopic (exact) mass is 272 g/mol. The summed E-state index contributed by atoms with van der Waals surface area (Å²) in [6.07, 6.45) is 2.59. The lowest BCUT2D eigenvalue weighted by atomic mass is 9.86. The Morgan fingerprint density at radius 1 is 1.35 bits per heavy atom. The summed E-state index contributed by atoms with van der Waals surface area (Å²) in [6.45, 7) is 7.95. The maximum absolute atomic E-state index is 9.00. The number of nitriles is 1. The molecule has 0 N–H and O–H groups in total. The summed E-state index contributed by atoms with van der Waals surface area (Å²) in [5, 5.41) is 9.00. The molecule has 3 nitrogen and oxygen atoms in total. The molecular formula is C17H24N2O. The second-order valence-electron chi connectivity index (χ2n) is 6.00. The lowest BCUT2D eigenvalue weighted by molar-refractivity contribution is 0.152. The van der Waals surface area contributed by atoms with Crippen molar-refractivity contribution >= 4 is 0 Å². The fourth-order valence-corrected chi connectivity index (χ4v) is 2.96. The van der Waals surface area contributed by atoms with Gasteiger partial charge in [0.15, 0.2) is 0 Å². The molecule has 0 amide bonds. The van der Waals surface area contributed by atoms with Crippen LogP contribution in [0.15, 0.2) is 18.2 Å². The molecule has 0 unspecified atom stereocenters. The van der Waals surface area contributed by atoms with Gasteiger partial charge in [-0.25, -0.2) is 0 Å². The standard InChI is InChI=1S/C17H24N2O/c1-13(2)15-6-8-19(9-7-15)12-14-4-5-16(11-18)17(10-14)20-3/h4-5,10,13,15H,6-9,12H2,1-3H3. The third-order valence-electron chi connectivity index (χ3n) is 4.37. The quantitative estimate of drug-likeness (QED) is 0.842. The fourth-order valence-electron chi connectivity index (χ4n) is 2.96. The summed E-state index contributed by atoms with van der Waals surface area (Å²) >= 11 is 0. The molecule has 1 fully saturated rings. The van der Waals surface area contributed by atoms with E-state index in [-0.39, 0.29) is 0 Å². The number of likely N-dealkylation sites (tertiary alicyclic amines) is 1. The zero-order valence-electron chi connectivity index (χ0n) is 12.7. The summed E-state index contributed by atoms with van der Waals surface area (Å²) in [5.74, 6) is 2.36. The molecule has 0 aromatic heterocycles. The molecule has 0 radical (unpaired) electrons. The van der Waals surface area contributed by atoms with Crippen molar-refractivity contribution < 1.29 is 4.74 Å². The molecule has 1 saturated heterocycles. The smallest absolute Gasteiger partial charge is 0.136 e. The SMILES string of the molecule is COc1cc(CN2CCC(C(C)C)CC2)ccc1C#N. The van der Waals surface area contributed by atoms with Crippen molar-refractivity contribution in [2.24, 2.45) is 11.8 Å². The van der Waals surface area contributed by atoms with Crippen molar-refractivity contribution in [2.45, 2.75) is 33.2 Å². The Kier molecular flexibility index (Phi) is 5.03. The van der Waals surface area contributed by atoms with E-state index >= 15 is 0 Å². The summed E-state index contributed by atoms with van der Waals surface area (Å²) in [7, 11) is 1.62. The molecule has 0 saturated carbocycles. The molecule has 0 atom stereocenters. The second kappa shape index (κ2) is 6.76. The molecule has 1 aromatic carbocycles. The van der Waals surface area contributed by atoms with Gasteiger partial charge < -0.3 is 4.74 Å². The minimum absolute atomic E-state index is 0.606. The topological polar surface area (TPSA) is 36.3 Å². The maximum Gasteiger partial charge on any atom is 0.136 e. The number of nitrogens with zero attached hydrogens (tertiary/aromatic N) is 2. The predicted octanol–water partition coefficient (Wildman–Crippen LogP) is 3.43. The van der Waals surface area contributed by atoms with Crippen molar-refractivity contribution in [3.63, 3.8) is 0 Å². The lowest BCUT2D eigenvalue weighted by Gasteiger charge is -2.33. The molecule has 0 aliphatic carbocycles. The number of methoxy groups -OCH3 is 1. The Hall–Kier alpha value is -1.53. The molecule has 0 bridgehead atoms. The molecule has 1 heterocycles. The van der Waals surface area contributed by atoms with Gasteiger partial charge in [-0.05, 0) is 55.5 Å². The minimum atomic E-state index is 0.606. The molecule has 108 valence electrons. The molecular weight excluding hydrogens is 248 g/mol. The van der Waals surface area contributed by atoms with E-state index in [9.17, 15) is 0 Å². The highest BCUT2D eigenvalue weighted by Gasteiger charge is 2.21. The summed E-state index contributed by atoms with van der Waals surface area (Å²) in [5.41, 5.74) is 1.83. The van der Waals surface area contributed by atoms with E-state index in [1.165, 1.54) is 31.5 Å². The first-order chi connectivity index (χ1) is 9.63. The van der Waals surface area contributed by atoms with Crippen LogP contribution in [0.3, 0.4) is 0 Å². The Morgan fingerprint density at radius 2 is 2.05 bits per heavy atom. The predicted molar refractivity (Wildman–Crippen MR) is 80.5 cm³/mol. The zero-order chi connectivity index (χ0) is 14.5. The summed E-state index contributed by atoms with van der Waals surface area (Å²) in [6, 6.07) is 8.04. The van der Waals surface area contributed by atoms with Gasteiger partial charge in [0, 0.05) is 6.54 Å². The Morgan fingerprint density at radius 3 is 2.60 bits per heavy atom. The first-order valence-electron chi connectivity index (χ1n) is 7.43. The second-order valence-corrected chi connectivity index (χ2v) is 6.00. The van der Waals surface area contributed by atoms with Crippen LogP contribution in [0.5, 0.6) is 5.75 Å². The number of hydrogen-bond acceptors (Lipinski definition) is 3. The number of piperidine rings is 1. The molecule has 3 heteroatoms. The highest BCUT2D eigenvalue weighted by Crippen LogP contribution is 2.26. The summed E-state index contributed by atoms with van der Waals surface area (Å²) in [4.78, 5) is 2.50. The van der Waals surface area contributed by atoms with E-state index in [2.05, 4.69) is 24.8 Å². The van der Waals surface area contributed by atoms with Crippen molar-refractivity contribution in [3.8, 4) is 11.8 Å². The molecule has 1 aliphatic heterocycles. The first kappa shape index (κ1) is 14.9. The molecule has 0 spiro atoms. The van der Waals surface area contributed by atoms with Crippen LogP contribution in [-0.4, -0.2) is 25.1 Å². The van der Waals surface area contributed by atoms with E-state index < -0.39 is 0 Å². The van der Waals surface area contributed by atoms with Crippen molar-refractivity contribution in [1.29, 1.82) is 5.26 Å². The van der Waals surface area contributed by atoms with Gasteiger partial charge >= 0.3 is 0 Å². The van der Waals surface area contributed by atoms with Gasteiger partial charge in [-0.1, -0.05) is 19.9 Å². The Balaban J connectivity index is 1.96. The molecule has 1 aliphatic rings. The van der Waals surface area contributed by atoms with Crippen LogP contribution in [0, 0.1) is 23.2 Å². The van der Waals surface area contributed by atoms with Crippen molar-refractivity contribution in [2.75, 3.05) is 20.2 Å². The highest BCUT2D eigenvalue weighted by molar-refractivity contribution is 5.45. The van der Waals surface area contributed by atoms with Crippen LogP contribution in [-0.2, 0) is 6.54 Å². The van der Waals surface area contributed by atoms with E-state index in [1.807, 2.05) is 18.2 Å². The van der Waals surface area contributed by atoms with Gasteiger partial charge in [0.1, 0.15) is 11.8 Å². The average molecular weight is 272 g/mol. The van der Waals surface area contributed by atoms with Crippen LogP contribution in [0.1, 0.15) is 37.8 Å². The van der Waals surface area contributed by atoms with Gasteiger partial charge in [0.05, 0.1) is 12.7 Å².